The summed E-state index contributed by atoms with van der Waals surface area (Å²) < 4.78 is 35.2. The Morgan fingerprint density at radius 1 is 1.22 bits per heavy atom. The summed E-state index contributed by atoms with van der Waals surface area (Å²) in [4.78, 5) is 12.0. The van der Waals surface area contributed by atoms with E-state index in [0.717, 1.165) is 6.21 Å². The highest BCUT2D eigenvalue weighted by atomic mass is 127. The first-order valence-electron chi connectivity index (χ1n) is 7.13. The Morgan fingerprint density at radius 2 is 1.89 bits per heavy atom. The third-order valence-electron chi connectivity index (χ3n) is 3.32. The molecule has 2 aromatic carbocycles. The van der Waals surface area contributed by atoms with Gasteiger partial charge in [0.25, 0.3) is 10.0 Å². The minimum absolute atomic E-state index is 0.0105. The van der Waals surface area contributed by atoms with Crippen molar-refractivity contribution in [2.24, 2.45) is 5.10 Å². The second-order valence-corrected chi connectivity index (χ2v) is 7.90. The summed E-state index contributed by atoms with van der Waals surface area (Å²) in [6.45, 7) is 0. The van der Waals surface area contributed by atoms with Crippen molar-refractivity contribution in [3.8, 4) is 17.2 Å². The number of methoxy groups -OCH3 is 2. The Kier molecular flexibility index (Phi) is 6.43. The lowest BCUT2D eigenvalue weighted by Gasteiger charge is -2.09. The van der Waals surface area contributed by atoms with E-state index in [9.17, 15) is 23.6 Å². The quantitative estimate of drug-likeness (QED) is 0.254. The van der Waals surface area contributed by atoms with Gasteiger partial charge in [0.15, 0.2) is 11.5 Å². The number of halogens is 1. The molecular weight excluding hydrogens is 493 g/mol. The Balaban J connectivity index is 2.29. The molecule has 0 saturated carbocycles. The summed E-state index contributed by atoms with van der Waals surface area (Å²) in [5, 5.41) is 24.4. The molecule has 0 bridgehead atoms. The first kappa shape index (κ1) is 20.7. The molecule has 2 N–H and O–H groups in total. The highest BCUT2D eigenvalue weighted by Gasteiger charge is 2.19. The number of sulfonamides is 1. The summed E-state index contributed by atoms with van der Waals surface area (Å²) in [5.41, 5.74) is -0.519. The van der Waals surface area contributed by atoms with E-state index in [1.54, 1.807) is 0 Å². The number of nitrogens with zero attached hydrogens (tertiary/aromatic N) is 2. The van der Waals surface area contributed by atoms with Gasteiger partial charge in [-0.1, -0.05) is 0 Å². The van der Waals surface area contributed by atoms with Crippen molar-refractivity contribution in [3.05, 3.63) is 49.6 Å². The van der Waals surface area contributed by atoms with Crippen molar-refractivity contribution in [1.82, 2.24) is 4.83 Å². The van der Waals surface area contributed by atoms with Gasteiger partial charge in [0.2, 0.25) is 5.75 Å². The molecule has 0 aliphatic rings. The molecule has 27 heavy (non-hydrogen) atoms. The zero-order valence-corrected chi connectivity index (χ0v) is 17.0. The number of ether oxygens (including phenoxy) is 2. The van der Waals surface area contributed by atoms with Gasteiger partial charge >= 0.3 is 5.69 Å². The first-order chi connectivity index (χ1) is 12.7. The summed E-state index contributed by atoms with van der Waals surface area (Å²) in [5.74, 6) is -0.0410. The molecule has 2 aromatic rings. The van der Waals surface area contributed by atoms with Crippen molar-refractivity contribution in [2.45, 2.75) is 4.90 Å². The van der Waals surface area contributed by atoms with Crippen molar-refractivity contribution in [3.63, 3.8) is 0 Å². The molecule has 0 amide bonds. The van der Waals surface area contributed by atoms with E-state index in [-0.39, 0.29) is 16.2 Å². The predicted molar refractivity (Wildman–Crippen MR) is 105 cm³/mol. The van der Waals surface area contributed by atoms with Crippen LogP contribution in [0.2, 0.25) is 0 Å². The van der Waals surface area contributed by atoms with Gasteiger partial charge in [-0.2, -0.15) is 13.5 Å². The fourth-order valence-corrected chi connectivity index (χ4v) is 3.48. The van der Waals surface area contributed by atoms with Crippen LogP contribution in [0.15, 0.2) is 40.3 Å². The number of aromatic hydroxyl groups is 1. The maximum Gasteiger partial charge on any atom is 0.312 e. The number of hydrogen-bond donors (Lipinski definition) is 2. The smallest absolute Gasteiger partial charge is 0.312 e. The van der Waals surface area contributed by atoms with Crippen LogP contribution in [-0.4, -0.2) is 38.9 Å². The van der Waals surface area contributed by atoms with E-state index in [0.29, 0.717) is 9.32 Å². The standard InChI is InChI=1S/C15H14IN3O7S/c1-25-13-4-3-11(7-14(13)26-2)27(23,24)18-17-8-9-5-10(16)6-12(15(9)20)19(21)22/h3-8,18,20H,1-2H3/b17-8+. The van der Waals surface area contributed by atoms with Crippen LogP contribution >= 0.6 is 22.6 Å². The van der Waals surface area contributed by atoms with Gasteiger partial charge in [-0.25, -0.2) is 4.83 Å². The van der Waals surface area contributed by atoms with Gasteiger partial charge in [-0.05, 0) is 40.8 Å². The number of nitro groups is 1. The van der Waals surface area contributed by atoms with Crippen LogP contribution in [0.4, 0.5) is 5.69 Å². The van der Waals surface area contributed by atoms with Gasteiger partial charge in [-0.3, -0.25) is 10.1 Å². The van der Waals surface area contributed by atoms with Crippen LogP contribution in [-0.2, 0) is 10.0 Å². The number of phenols is 1. The lowest BCUT2D eigenvalue weighted by atomic mass is 10.2. The SMILES string of the molecule is COc1ccc(S(=O)(=O)N/N=C/c2cc(I)cc([N+](=O)[O-])c2O)cc1OC. The van der Waals surface area contributed by atoms with Crippen molar-refractivity contribution < 1.29 is 27.9 Å². The minimum atomic E-state index is -4.04. The van der Waals surface area contributed by atoms with Gasteiger partial charge < -0.3 is 14.6 Å². The Labute approximate surface area is 168 Å². The fourth-order valence-electron chi connectivity index (χ4n) is 2.04. The number of hydrazone groups is 1. The summed E-state index contributed by atoms with van der Waals surface area (Å²) in [6, 6.07) is 6.57. The first-order valence-corrected chi connectivity index (χ1v) is 9.69. The molecule has 2 rings (SSSR count). The van der Waals surface area contributed by atoms with Crippen LogP contribution in [0.25, 0.3) is 0 Å². The lowest BCUT2D eigenvalue weighted by molar-refractivity contribution is -0.386. The molecule has 0 aliphatic carbocycles. The Bertz CT molecular complexity index is 1010. The lowest BCUT2D eigenvalue weighted by Crippen LogP contribution is -2.18. The molecule has 0 aliphatic heterocycles. The molecule has 0 radical (unpaired) electrons. The molecule has 10 nitrogen and oxygen atoms in total. The molecular formula is C15H14IN3O7S. The normalized spacial score (nSPS) is 11.4. The number of nitrogens with one attached hydrogen (secondary N) is 1. The van der Waals surface area contributed by atoms with E-state index in [2.05, 4.69) is 5.10 Å². The van der Waals surface area contributed by atoms with Gasteiger partial charge in [0.1, 0.15) is 0 Å². The monoisotopic (exact) mass is 507 g/mol. The number of hydrogen-bond acceptors (Lipinski definition) is 8. The highest BCUT2D eigenvalue weighted by Crippen LogP contribution is 2.31. The molecule has 0 unspecified atom stereocenters. The average Bonchev–Trinajstić information content (AvgIpc) is 2.63. The summed E-state index contributed by atoms with van der Waals surface area (Å²) in [6.07, 6.45) is 0.975. The van der Waals surface area contributed by atoms with Crippen molar-refractivity contribution >= 4 is 44.5 Å². The molecule has 0 atom stereocenters. The van der Waals surface area contributed by atoms with Crippen LogP contribution in [0, 0.1) is 13.7 Å². The van der Waals surface area contributed by atoms with Gasteiger partial charge in [-0.15, -0.1) is 0 Å². The second-order valence-electron chi connectivity index (χ2n) is 4.99. The van der Waals surface area contributed by atoms with Gasteiger partial charge in [0, 0.05) is 21.3 Å². The second kappa shape index (κ2) is 8.39. The van der Waals surface area contributed by atoms with E-state index < -0.39 is 26.4 Å². The van der Waals surface area contributed by atoms with Crippen LogP contribution in [0.1, 0.15) is 5.56 Å². The van der Waals surface area contributed by atoms with E-state index in [1.807, 2.05) is 27.4 Å². The van der Waals surface area contributed by atoms with E-state index in [4.69, 9.17) is 9.47 Å². The zero-order valence-electron chi connectivity index (χ0n) is 14.0. The molecule has 0 spiro atoms. The number of nitro benzene ring substituents is 1. The number of benzene rings is 2. The topological polar surface area (TPSA) is 140 Å². The largest absolute Gasteiger partial charge is 0.502 e. The summed E-state index contributed by atoms with van der Waals surface area (Å²) >= 11 is 1.83. The molecule has 12 heteroatoms. The highest BCUT2D eigenvalue weighted by molar-refractivity contribution is 14.1. The van der Waals surface area contributed by atoms with Crippen LogP contribution in [0.5, 0.6) is 17.2 Å². The van der Waals surface area contributed by atoms with E-state index >= 15 is 0 Å². The van der Waals surface area contributed by atoms with Crippen molar-refractivity contribution in [2.75, 3.05) is 14.2 Å². The van der Waals surface area contributed by atoms with Crippen LogP contribution in [0.3, 0.4) is 0 Å². The fraction of sp³-hybridized carbons (Fsp3) is 0.133. The Hall–Kier alpha value is -2.61. The molecule has 144 valence electrons. The number of rotatable bonds is 7. The zero-order chi connectivity index (χ0) is 20.2. The number of phenolic OH excluding ortho intramolecular Hbond substituents is 1. The van der Waals surface area contributed by atoms with Gasteiger partial charge in [0.05, 0.1) is 30.3 Å². The third kappa shape index (κ3) is 4.77. The maximum absolute atomic E-state index is 12.3. The third-order valence-corrected chi connectivity index (χ3v) is 5.17. The van der Waals surface area contributed by atoms with Crippen LogP contribution < -0.4 is 14.3 Å². The molecule has 0 aromatic heterocycles. The predicted octanol–water partition coefficient (Wildman–Crippen LogP) is 2.23. The van der Waals surface area contributed by atoms with Crippen molar-refractivity contribution in [1.29, 1.82) is 0 Å². The summed E-state index contributed by atoms with van der Waals surface area (Å²) in [7, 11) is -1.25. The maximum atomic E-state index is 12.3. The minimum Gasteiger partial charge on any atom is -0.502 e. The average molecular weight is 507 g/mol. The Morgan fingerprint density at radius 3 is 2.48 bits per heavy atom. The molecule has 0 heterocycles. The molecule has 0 saturated heterocycles. The van der Waals surface area contributed by atoms with E-state index in [1.165, 1.54) is 44.6 Å². The molecule has 0 fully saturated rings.